The highest BCUT2D eigenvalue weighted by Crippen LogP contribution is 2.26. The molecule has 0 aliphatic heterocycles. The van der Waals surface area contributed by atoms with Crippen molar-refractivity contribution in [2.24, 2.45) is 0 Å². The van der Waals surface area contributed by atoms with Gasteiger partial charge in [0.15, 0.2) is 0 Å². The Balaban J connectivity index is 0.000000239. The van der Waals surface area contributed by atoms with Gasteiger partial charge in [-0.2, -0.15) is 8.42 Å². The maximum absolute atomic E-state index is 11.0. The minimum absolute atomic E-state index is 0.236. The molecule has 0 aliphatic rings. The van der Waals surface area contributed by atoms with Gasteiger partial charge in [-0.05, 0) is 35.2 Å². The lowest BCUT2D eigenvalue weighted by molar-refractivity contribution is 0.00290. The van der Waals surface area contributed by atoms with E-state index in [0.29, 0.717) is 12.8 Å². The van der Waals surface area contributed by atoms with Crippen molar-refractivity contribution < 1.29 is 17.3 Å². The molecule has 22 heavy (non-hydrogen) atoms. The van der Waals surface area contributed by atoms with E-state index in [0.717, 1.165) is 0 Å². The maximum atomic E-state index is 11.0. The summed E-state index contributed by atoms with van der Waals surface area (Å²) < 4.78 is 34.0. The summed E-state index contributed by atoms with van der Waals surface area (Å²) in [6, 6.07) is 20.8. The van der Waals surface area contributed by atoms with Crippen molar-refractivity contribution in [1.82, 2.24) is 0 Å². The van der Waals surface area contributed by atoms with Crippen LogP contribution in [0.2, 0.25) is 0 Å². The van der Waals surface area contributed by atoms with Crippen LogP contribution >= 0.6 is 11.8 Å². The Morgan fingerprint density at radius 1 is 0.955 bits per heavy atom. The molecule has 0 saturated heterocycles. The van der Waals surface area contributed by atoms with Crippen LogP contribution in [0.15, 0.2) is 70.5 Å². The highest BCUT2D eigenvalue weighted by Gasteiger charge is 2.08. The smallest absolute Gasteiger partial charge is 0.197 e. The first kappa shape index (κ1) is 18.7. The Hall–Kier alpha value is -1.37. The van der Waals surface area contributed by atoms with Crippen molar-refractivity contribution in [3.8, 4) is 0 Å². The number of unbranched alkanes of at least 4 members (excludes halogenated alkanes) is 1. The lowest BCUT2D eigenvalue weighted by atomic mass is 10.4. The van der Waals surface area contributed by atoms with Crippen LogP contribution in [0.25, 0.3) is 0 Å². The molecule has 0 N–H and O–H groups in total. The molecule has 2 aromatic rings. The molecule has 0 fully saturated rings. The first-order chi connectivity index (χ1) is 10.6. The Morgan fingerprint density at radius 2 is 1.41 bits per heavy atom. The van der Waals surface area contributed by atoms with E-state index in [1.165, 1.54) is 9.79 Å². The van der Waals surface area contributed by atoms with Crippen LogP contribution in [0.5, 0.6) is 0 Å². The van der Waals surface area contributed by atoms with Gasteiger partial charge >= 0.3 is 0 Å². The lowest BCUT2D eigenvalue weighted by Crippen LogP contribution is -2.04. The standard InChI is InChI=1S/C12H10S.C4H9FO3S/c1-3-7-11(8-4-1)13-12-9-5-2-6-10-12;1-2-3-4-9(6,7)8-5/h1-10H;2-4H2,1H3. The quantitative estimate of drug-likeness (QED) is 0.752. The second-order valence-corrected chi connectivity index (χ2v) is 7.20. The summed E-state index contributed by atoms with van der Waals surface area (Å²) in [5.74, 6) is -0.236. The Morgan fingerprint density at radius 3 is 1.77 bits per heavy atom. The molecule has 0 atom stereocenters. The molecular weight excluding hydrogens is 323 g/mol. The van der Waals surface area contributed by atoms with Crippen molar-refractivity contribution >= 4 is 21.9 Å². The third kappa shape index (κ3) is 8.17. The summed E-state index contributed by atoms with van der Waals surface area (Å²) in [7, 11) is -3.85. The fourth-order valence-electron chi connectivity index (χ4n) is 1.47. The van der Waals surface area contributed by atoms with Gasteiger partial charge in [-0.15, -0.1) is 0 Å². The zero-order valence-electron chi connectivity index (χ0n) is 12.3. The van der Waals surface area contributed by atoms with Gasteiger partial charge in [-0.1, -0.05) is 65.9 Å². The van der Waals surface area contributed by atoms with Crippen LogP contribution in [0.3, 0.4) is 0 Å². The van der Waals surface area contributed by atoms with Gasteiger partial charge < -0.3 is 0 Å². The van der Waals surface area contributed by atoms with Crippen molar-refractivity contribution in [2.75, 3.05) is 5.75 Å². The summed E-state index contributed by atoms with van der Waals surface area (Å²) in [6.45, 7) is 1.81. The summed E-state index contributed by atoms with van der Waals surface area (Å²) in [5.41, 5.74) is 0. The number of rotatable bonds is 6. The third-order valence-electron chi connectivity index (χ3n) is 2.57. The largest absolute Gasteiger partial charge is 0.297 e. The van der Waals surface area contributed by atoms with Crippen LogP contribution < -0.4 is 0 Å². The van der Waals surface area contributed by atoms with Gasteiger partial charge in [0.25, 0.3) is 10.1 Å². The van der Waals surface area contributed by atoms with E-state index in [-0.39, 0.29) is 5.75 Å². The molecule has 0 aromatic heterocycles. The molecule has 2 rings (SSSR count). The minimum atomic E-state index is -3.85. The van der Waals surface area contributed by atoms with Crippen molar-refractivity contribution in [3.05, 3.63) is 60.7 Å². The van der Waals surface area contributed by atoms with Crippen LogP contribution in [-0.4, -0.2) is 14.2 Å². The highest BCUT2D eigenvalue weighted by molar-refractivity contribution is 7.99. The average Bonchev–Trinajstić information content (AvgIpc) is 2.56. The zero-order valence-corrected chi connectivity index (χ0v) is 13.9. The van der Waals surface area contributed by atoms with E-state index in [1.54, 1.807) is 11.8 Å². The van der Waals surface area contributed by atoms with Crippen LogP contribution in [0.1, 0.15) is 19.8 Å². The average molecular weight is 342 g/mol. The normalized spacial score (nSPS) is 10.6. The molecule has 0 radical (unpaired) electrons. The van der Waals surface area contributed by atoms with E-state index in [2.05, 4.69) is 52.9 Å². The summed E-state index contributed by atoms with van der Waals surface area (Å²) >= 11 is 1.79. The molecule has 0 aliphatic carbocycles. The molecule has 2 aromatic carbocycles. The van der Waals surface area contributed by atoms with Gasteiger partial charge in [0.05, 0.1) is 5.75 Å². The van der Waals surface area contributed by atoms with Crippen molar-refractivity contribution in [1.29, 1.82) is 0 Å². The summed E-state index contributed by atoms with van der Waals surface area (Å²) in [5, 5.41) is 0. The predicted molar refractivity (Wildman–Crippen MR) is 87.9 cm³/mol. The molecule has 0 unspecified atom stereocenters. The van der Waals surface area contributed by atoms with Crippen LogP contribution in [-0.2, 0) is 14.5 Å². The Kier molecular flexibility index (Phi) is 8.81. The molecular formula is C16H19FO3S2. The molecule has 3 nitrogen and oxygen atoms in total. The van der Waals surface area contributed by atoms with E-state index in [4.69, 9.17) is 0 Å². The van der Waals surface area contributed by atoms with Gasteiger partial charge in [-0.3, -0.25) is 0 Å². The number of hydrogen-bond donors (Lipinski definition) is 0. The fourth-order valence-corrected chi connectivity index (χ4v) is 3.03. The first-order valence-corrected chi connectivity index (χ1v) is 9.27. The van der Waals surface area contributed by atoms with E-state index in [1.807, 2.05) is 19.1 Å². The molecule has 0 saturated carbocycles. The van der Waals surface area contributed by atoms with E-state index in [9.17, 15) is 12.9 Å². The molecule has 6 heteroatoms. The summed E-state index contributed by atoms with van der Waals surface area (Å²) in [6.07, 6.45) is 1.15. The van der Waals surface area contributed by atoms with E-state index >= 15 is 0 Å². The molecule has 0 amide bonds. The zero-order chi connectivity index (χ0) is 16.3. The van der Waals surface area contributed by atoms with Crippen molar-refractivity contribution in [3.63, 3.8) is 0 Å². The van der Waals surface area contributed by atoms with Gasteiger partial charge in [0.2, 0.25) is 0 Å². The van der Waals surface area contributed by atoms with E-state index < -0.39 is 10.1 Å². The second kappa shape index (κ2) is 10.4. The topological polar surface area (TPSA) is 43.4 Å². The molecule has 0 bridgehead atoms. The van der Waals surface area contributed by atoms with Gasteiger partial charge in [-0.25, -0.2) is 0 Å². The third-order valence-corrected chi connectivity index (χ3v) is 4.56. The number of benzene rings is 2. The number of halogens is 1. The molecule has 0 spiro atoms. The first-order valence-electron chi connectivity index (χ1n) is 6.88. The SMILES string of the molecule is CCCCS(=O)(=O)OF.c1ccc(Sc2ccccc2)cc1. The van der Waals surface area contributed by atoms with Gasteiger partial charge in [0, 0.05) is 9.79 Å². The molecule has 0 heterocycles. The lowest BCUT2D eigenvalue weighted by Gasteiger charge is -1.99. The Bertz CT molecular complexity index is 579. The maximum Gasteiger partial charge on any atom is 0.297 e. The van der Waals surface area contributed by atoms with Crippen LogP contribution in [0, 0.1) is 0 Å². The second-order valence-electron chi connectivity index (χ2n) is 4.41. The fraction of sp³-hybridized carbons (Fsp3) is 0.250. The van der Waals surface area contributed by atoms with Crippen LogP contribution in [0.4, 0.5) is 4.53 Å². The van der Waals surface area contributed by atoms with Gasteiger partial charge in [0.1, 0.15) is 0 Å². The van der Waals surface area contributed by atoms with Crippen molar-refractivity contribution in [2.45, 2.75) is 29.6 Å². The summed E-state index contributed by atoms with van der Waals surface area (Å²) in [4.78, 5) is 2.57. The Labute approximate surface area is 135 Å². The molecule has 120 valence electrons. The number of hydrogen-bond acceptors (Lipinski definition) is 4. The monoisotopic (exact) mass is 342 g/mol. The predicted octanol–water partition coefficient (Wildman–Crippen LogP) is 4.86. The minimum Gasteiger partial charge on any atom is -0.197 e. The highest BCUT2D eigenvalue weighted by atomic mass is 32.2.